The Morgan fingerprint density at radius 3 is 1.87 bits per heavy atom. The van der Waals surface area contributed by atoms with Gasteiger partial charge in [-0.05, 0) is 48.5 Å². The fourth-order valence-corrected chi connectivity index (χ4v) is 4.69. The Kier molecular flexibility index (Phi) is 4.06. The zero-order valence-corrected chi connectivity index (χ0v) is 16.3. The number of hydrogen-bond acceptors (Lipinski definition) is 4. The van der Waals surface area contributed by atoms with Gasteiger partial charge in [0.25, 0.3) is 0 Å². The van der Waals surface area contributed by atoms with Crippen LogP contribution in [0.4, 0.5) is 0 Å². The van der Waals surface area contributed by atoms with Gasteiger partial charge in [-0.1, -0.05) is 0 Å². The van der Waals surface area contributed by atoms with Crippen LogP contribution in [0, 0.1) is 48.5 Å². The number of nitrogens with zero attached hydrogens (tertiary/aromatic N) is 4. The van der Waals surface area contributed by atoms with E-state index in [9.17, 15) is 0 Å². The van der Waals surface area contributed by atoms with Gasteiger partial charge in [0.15, 0.2) is 9.92 Å². The maximum atomic E-state index is 4.48. The van der Waals surface area contributed by atoms with Crippen LogP contribution >= 0.6 is 22.7 Å². The molecule has 0 aromatic carbocycles. The maximum absolute atomic E-state index is 4.48. The largest absolute Gasteiger partial charge is 0.292 e. The van der Waals surface area contributed by atoms with Crippen LogP contribution in [0.3, 0.4) is 0 Å². The number of aryl methyl sites for hydroxylation is 7. The molecule has 4 aromatic heterocycles. The summed E-state index contributed by atoms with van der Waals surface area (Å²) in [5.74, 6) is 0. The number of rotatable bonds is 0. The molecule has 4 rings (SSSR count). The molecule has 0 aliphatic rings. The van der Waals surface area contributed by atoms with E-state index in [1.807, 2.05) is 0 Å². The van der Waals surface area contributed by atoms with Crippen molar-refractivity contribution in [3.05, 3.63) is 44.4 Å². The molecule has 4 nitrogen and oxygen atoms in total. The number of thiazole rings is 2. The molecule has 0 radical (unpaired) electrons. The first kappa shape index (κ1) is 16.2. The standard InChI is InChI=1S/C9H12N2S.C8H10N2S/c1-5-6(2)11-7(3)8(4)12-9(11)10-5;1-5-4-11-8-9-6(2)7(3)10(5)8/h1-4H3;4H,1-3H3. The van der Waals surface area contributed by atoms with E-state index in [1.165, 1.54) is 27.7 Å². The van der Waals surface area contributed by atoms with Gasteiger partial charge in [0.2, 0.25) is 0 Å². The highest BCUT2D eigenvalue weighted by molar-refractivity contribution is 7.17. The molecule has 4 heterocycles. The fraction of sp³-hybridized carbons (Fsp3) is 0.412. The molecule has 23 heavy (non-hydrogen) atoms. The average Bonchev–Trinajstić information content (AvgIpc) is 3.15. The topological polar surface area (TPSA) is 34.6 Å². The van der Waals surface area contributed by atoms with Crippen molar-refractivity contribution in [2.75, 3.05) is 0 Å². The molecule has 0 spiro atoms. The van der Waals surface area contributed by atoms with E-state index in [1.54, 1.807) is 22.7 Å². The maximum Gasteiger partial charge on any atom is 0.194 e. The van der Waals surface area contributed by atoms with Crippen molar-refractivity contribution in [2.45, 2.75) is 48.5 Å². The highest BCUT2D eigenvalue weighted by Gasteiger charge is 2.10. The lowest BCUT2D eigenvalue weighted by Gasteiger charge is -1.94. The average molecular weight is 347 g/mol. The Morgan fingerprint density at radius 1 is 0.739 bits per heavy atom. The third-order valence-electron chi connectivity index (χ3n) is 4.40. The quantitative estimate of drug-likeness (QED) is 0.451. The minimum atomic E-state index is 1.11. The normalized spacial score (nSPS) is 11.3. The second-order valence-corrected chi connectivity index (χ2v) is 7.94. The summed E-state index contributed by atoms with van der Waals surface area (Å²) in [5.41, 5.74) is 7.42. The van der Waals surface area contributed by atoms with Gasteiger partial charge in [0.05, 0.1) is 11.4 Å². The van der Waals surface area contributed by atoms with Crippen LogP contribution in [0.1, 0.15) is 39.0 Å². The van der Waals surface area contributed by atoms with Crippen molar-refractivity contribution in [1.82, 2.24) is 18.8 Å². The molecule has 0 atom stereocenters. The van der Waals surface area contributed by atoms with Gasteiger partial charge in [-0.3, -0.25) is 8.80 Å². The second kappa shape index (κ2) is 5.76. The summed E-state index contributed by atoms with van der Waals surface area (Å²) in [4.78, 5) is 12.5. The van der Waals surface area contributed by atoms with Gasteiger partial charge in [-0.2, -0.15) is 0 Å². The summed E-state index contributed by atoms with van der Waals surface area (Å²) >= 11 is 3.47. The molecular weight excluding hydrogens is 324 g/mol. The Labute approximate surface area is 144 Å². The van der Waals surface area contributed by atoms with Crippen LogP contribution in [0.15, 0.2) is 5.38 Å². The fourth-order valence-electron chi connectivity index (χ4n) is 2.68. The monoisotopic (exact) mass is 346 g/mol. The number of fused-ring (bicyclic) bond motifs is 2. The number of imidazole rings is 2. The molecule has 0 saturated heterocycles. The zero-order valence-electron chi connectivity index (χ0n) is 14.7. The van der Waals surface area contributed by atoms with Gasteiger partial charge >= 0.3 is 0 Å². The molecular formula is C17H22N4S2. The van der Waals surface area contributed by atoms with Crippen LogP contribution in [0.2, 0.25) is 0 Å². The minimum Gasteiger partial charge on any atom is -0.292 e. The minimum absolute atomic E-state index is 1.11. The van der Waals surface area contributed by atoms with Crippen LogP contribution in [0.5, 0.6) is 0 Å². The molecule has 0 bridgehead atoms. The lowest BCUT2D eigenvalue weighted by atomic mass is 10.3. The van der Waals surface area contributed by atoms with Gasteiger partial charge in [0.1, 0.15) is 0 Å². The Morgan fingerprint density at radius 2 is 1.30 bits per heavy atom. The Bertz CT molecular complexity index is 960. The van der Waals surface area contributed by atoms with E-state index in [4.69, 9.17) is 0 Å². The molecule has 0 saturated carbocycles. The molecule has 0 aliphatic carbocycles. The number of aromatic nitrogens is 4. The van der Waals surface area contributed by atoms with Crippen LogP contribution in [-0.2, 0) is 0 Å². The predicted molar refractivity (Wildman–Crippen MR) is 99.3 cm³/mol. The summed E-state index contributed by atoms with van der Waals surface area (Å²) in [7, 11) is 0. The summed E-state index contributed by atoms with van der Waals surface area (Å²) in [6, 6.07) is 0. The third-order valence-corrected chi connectivity index (χ3v) is 6.41. The van der Waals surface area contributed by atoms with Crippen molar-refractivity contribution in [3.63, 3.8) is 0 Å². The molecule has 0 fully saturated rings. The van der Waals surface area contributed by atoms with Gasteiger partial charge in [-0.25, -0.2) is 9.97 Å². The molecule has 122 valence electrons. The van der Waals surface area contributed by atoms with E-state index in [2.05, 4.69) is 72.6 Å². The number of hydrogen-bond donors (Lipinski definition) is 0. The highest BCUT2D eigenvalue weighted by atomic mass is 32.1. The lowest BCUT2D eigenvalue weighted by Crippen LogP contribution is -1.88. The van der Waals surface area contributed by atoms with Crippen molar-refractivity contribution < 1.29 is 0 Å². The van der Waals surface area contributed by atoms with Crippen molar-refractivity contribution in [1.29, 1.82) is 0 Å². The second-order valence-electron chi connectivity index (χ2n) is 5.92. The van der Waals surface area contributed by atoms with E-state index >= 15 is 0 Å². The Hall–Kier alpha value is -1.66. The first-order valence-corrected chi connectivity index (χ1v) is 9.32. The van der Waals surface area contributed by atoms with Crippen LogP contribution in [-0.4, -0.2) is 18.8 Å². The van der Waals surface area contributed by atoms with Crippen LogP contribution in [0.25, 0.3) is 9.92 Å². The molecule has 0 aliphatic heterocycles. The first-order valence-electron chi connectivity index (χ1n) is 7.62. The van der Waals surface area contributed by atoms with Gasteiger partial charge in [0, 0.05) is 33.0 Å². The summed E-state index contributed by atoms with van der Waals surface area (Å²) in [6.07, 6.45) is 0. The van der Waals surface area contributed by atoms with E-state index in [0.29, 0.717) is 0 Å². The van der Waals surface area contributed by atoms with Gasteiger partial charge in [-0.15, -0.1) is 22.7 Å². The smallest absolute Gasteiger partial charge is 0.194 e. The lowest BCUT2D eigenvalue weighted by molar-refractivity contribution is 1.04. The van der Waals surface area contributed by atoms with E-state index in [-0.39, 0.29) is 0 Å². The van der Waals surface area contributed by atoms with Crippen LogP contribution < -0.4 is 0 Å². The third kappa shape index (κ3) is 2.60. The molecule has 6 heteroatoms. The predicted octanol–water partition coefficient (Wildman–Crippen LogP) is 4.95. The molecule has 0 amide bonds. The summed E-state index contributed by atoms with van der Waals surface area (Å²) in [6.45, 7) is 14.7. The molecule has 0 unspecified atom stereocenters. The Balaban J connectivity index is 0.000000136. The molecule has 0 N–H and O–H groups in total. The van der Waals surface area contributed by atoms with E-state index in [0.717, 1.165) is 21.3 Å². The molecule has 4 aromatic rings. The summed E-state index contributed by atoms with van der Waals surface area (Å²) in [5, 5.41) is 2.13. The van der Waals surface area contributed by atoms with Crippen molar-refractivity contribution in [3.8, 4) is 0 Å². The zero-order chi connectivity index (χ0) is 16.9. The van der Waals surface area contributed by atoms with Gasteiger partial charge < -0.3 is 0 Å². The van der Waals surface area contributed by atoms with Crippen molar-refractivity contribution >= 4 is 32.6 Å². The highest BCUT2D eigenvalue weighted by Crippen LogP contribution is 2.24. The summed E-state index contributed by atoms with van der Waals surface area (Å²) < 4.78 is 4.43. The van der Waals surface area contributed by atoms with E-state index < -0.39 is 0 Å². The SMILES string of the molecule is Cc1nc2sc(C)c(C)n2c1C.Cc1nc2scc(C)n2c1C. The van der Waals surface area contributed by atoms with Crippen molar-refractivity contribution in [2.24, 2.45) is 0 Å². The first-order chi connectivity index (χ1) is 10.8.